The Balaban J connectivity index is 0.00000253. The summed E-state index contributed by atoms with van der Waals surface area (Å²) in [7, 11) is 0. The minimum Gasteiger partial charge on any atom is -0.399 e. The van der Waals surface area contributed by atoms with E-state index in [4.69, 9.17) is 22.3 Å². The summed E-state index contributed by atoms with van der Waals surface area (Å²) in [5.74, 6) is 0. The average Bonchev–Trinajstić information content (AvgIpc) is 3.64. The van der Waals surface area contributed by atoms with Gasteiger partial charge in [-0.3, -0.25) is 10.8 Å². The predicted molar refractivity (Wildman–Crippen MR) is 142 cm³/mol. The second-order valence-electron chi connectivity index (χ2n) is 8.35. The topological polar surface area (TPSA) is 198 Å². The fraction of sp³-hybridized carbons (Fsp3) is 0. The van der Waals surface area contributed by atoms with Gasteiger partial charge in [-0.25, -0.2) is 0 Å². The molecule has 0 saturated heterocycles. The van der Waals surface area contributed by atoms with E-state index in [1.165, 1.54) is 0 Å². The molecule has 174 valence electrons. The van der Waals surface area contributed by atoms with E-state index in [-0.39, 0.29) is 11.5 Å². The van der Waals surface area contributed by atoms with Crippen LogP contribution in [0.5, 0.6) is 0 Å². The summed E-state index contributed by atoms with van der Waals surface area (Å²) >= 11 is 0. The van der Waals surface area contributed by atoms with Crippen LogP contribution in [0.25, 0.3) is 55.3 Å². The number of nitrogens with two attached hydrogens (primary N) is 2. The van der Waals surface area contributed by atoms with Crippen molar-refractivity contribution in [1.82, 2.24) is 26.1 Å². The molecule has 5 heterocycles. The van der Waals surface area contributed by atoms with Gasteiger partial charge >= 0.3 is 0 Å². The number of fused-ring (bicyclic) bond motifs is 8. The molecule has 35 heavy (non-hydrogen) atoms. The fourth-order valence-corrected chi connectivity index (χ4v) is 4.32. The Bertz CT molecular complexity index is 1930. The molecule has 6 aromatic rings. The highest BCUT2D eigenvalue weighted by molar-refractivity contribution is 5.98. The molecule has 0 saturated carbocycles. The lowest BCUT2D eigenvalue weighted by atomic mass is 10.1. The number of benzene rings is 1. The smallest absolute Gasteiger partial charge is 0.101 e. The number of anilines is 2. The van der Waals surface area contributed by atoms with Crippen LogP contribution < -0.4 is 28.3 Å². The predicted octanol–water partition coefficient (Wildman–Crippen LogP) is 4.69. The lowest BCUT2D eigenvalue weighted by Crippen LogP contribution is -2.01. The minimum atomic E-state index is 0. The zero-order valence-corrected chi connectivity index (χ0v) is 18.8. The molecule has 0 fully saturated rings. The SMILES string of the molecule is N.N=c1c2ccc(cc3cc(-c4cccc(N)c4)c([nH]3)c(N)c3ccc([nH]3)c(=N)c3ccc1[nH]3)[nH]2. The second kappa shape index (κ2) is 8.08. The second-order valence-corrected chi connectivity index (χ2v) is 8.35. The molecular weight excluding hydrogens is 438 g/mol. The Morgan fingerprint density at radius 3 is 1.86 bits per heavy atom. The molecule has 9 heteroatoms. The number of hydrogen-bond donors (Lipinski definition) is 9. The molecule has 0 spiro atoms. The van der Waals surface area contributed by atoms with Gasteiger partial charge in [-0.1, -0.05) is 12.1 Å². The highest BCUT2D eigenvalue weighted by atomic mass is 14.8. The summed E-state index contributed by atoms with van der Waals surface area (Å²) in [5, 5.41) is 17.9. The van der Waals surface area contributed by atoms with E-state index >= 15 is 0 Å². The Morgan fingerprint density at radius 1 is 0.571 bits per heavy atom. The van der Waals surface area contributed by atoms with Gasteiger partial charge in [0.05, 0.1) is 38.8 Å². The third-order valence-corrected chi connectivity index (χ3v) is 6.06. The van der Waals surface area contributed by atoms with Crippen LogP contribution in [0.1, 0.15) is 0 Å². The van der Waals surface area contributed by atoms with Gasteiger partial charge in [0.25, 0.3) is 0 Å². The standard InChI is InChI=1S/C26H22N8.H3N/c27-14-3-1-2-13(10-14)17-12-16-11-15-4-5-18(31-15)23(28)19-6-7-20(33-19)24(29)21-8-9-22(34-21)25(30)26(17)32-16;/h1-12,28-29,31-34H,27,30H2;1H3. The van der Waals surface area contributed by atoms with Crippen LogP contribution >= 0.6 is 0 Å². The normalized spacial score (nSPS) is 11.1. The van der Waals surface area contributed by atoms with Crippen LogP contribution in [0, 0.1) is 10.8 Å². The molecule has 0 atom stereocenters. The Kier molecular flexibility index (Phi) is 5.04. The highest BCUT2D eigenvalue weighted by Crippen LogP contribution is 2.32. The number of hydrogen-bond acceptors (Lipinski definition) is 5. The van der Waals surface area contributed by atoms with Gasteiger partial charge in [0, 0.05) is 22.3 Å². The lowest BCUT2D eigenvalue weighted by molar-refractivity contribution is 1.27. The Morgan fingerprint density at radius 2 is 1.17 bits per heavy atom. The third-order valence-electron chi connectivity index (χ3n) is 6.06. The molecule has 1 aromatic carbocycles. The van der Waals surface area contributed by atoms with Crippen molar-refractivity contribution in [2.45, 2.75) is 0 Å². The van der Waals surface area contributed by atoms with Crippen LogP contribution in [0.3, 0.4) is 0 Å². The molecule has 0 unspecified atom stereocenters. The van der Waals surface area contributed by atoms with Crippen molar-refractivity contribution in [1.29, 1.82) is 10.8 Å². The number of H-pyrrole nitrogens is 4. The van der Waals surface area contributed by atoms with E-state index in [0.29, 0.717) is 44.3 Å². The quantitative estimate of drug-likeness (QED) is 0.160. The Labute approximate surface area is 198 Å². The third kappa shape index (κ3) is 3.65. The van der Waals surface area contributed by atoms with E-state index in [0.717, 1.165) is 27.7 Å². The maximum absolute atomic E-state index is 8.65. The minimum absolute atomic E-state index is 0. The number of aromatic amines is 4. The van der Waals surface area contributed by atoms with Gasteiger partial charge in [0.1, 0.15) is 10.7 Å². The van der Waals surface area contributed by atoms with Crippen LogP contribution in [-0.4, -0.2) is 19.9 Å². The number of nitrogens with one attached hydrogen (secondary N) is 6. The molecule has 0 amide bonds. The van der Waals surface area contributed by atoms with Gasteiger partial charge in [0.15, 0.2) is 0 Å². The van der Waals surface area contributed by atoms with Crippen LogP contribution in [0.15, 0.2) is 72.8 Å². The summed E-state index contributed by atoms with van der Waals surface area (Å²) in [5.41, 5.74) is 21.5. The van der Waals surface area contributed by atoms with Gasteiger partial charge < -0.3 is 37.6 Å². The lowest BCUT2D eigenvalue weighted by Gasteiger charge is -2.02. The first-order chi connectivity index (χ1) is 16.5. The van der Waals surface area contributed by atoms with Crippen molar-refractivity contribution in [3.63, 3.8) is 0 Å². The van der Waals surface area contributed by atoms with E-state index in [2.05, 4.69) is 19.9 Å². The zero-order chi connectivity index (χ0) is 23.4. The molecule has 0 radical (unpaired) electrons. The molecule has 6 rings (SSSR count). The molecular formula is C26H25N9. The highest BCUT2D eigenvalue weighted by Gasteiger charge is 2.09. The van der Waals surface area contributed by atoms with E-state index < -0.39 is 0 Å². The van der Waals surface area contributed by atoms with Crippen molar-refractivity contribution in [2.75, 3.05) is 11.5 Å². The fourth-order valence-electron chi connectivity index (χ4n) is 4.32. The summed E-state index contributed by atoms with van der Waals surface area (Å²) in [6, 6.07) is 22.8. The first kappa shape index (κ1) is 21.8. The maximum Gasteiger partial charge on any atom is 0.101 e. The van der Waals surface area contributed by atoms with Gasteiger partial charge in [0.2, 0.25) is 0 Å². The molecule has 8 bridgehead atoms. The van der Waals surface area contributed by atoms with Crippen molar-refractivity contribution in [3.8, 4) is 11.1 Å². The maximum atomic E-state index is 8.65. The molecule has 13 N–H and O–H groups in total. The number of rotatable bonds is 1. The van der Waals surface area contributed by atoms with Crippen LogP contribution in [0.4, 0.5) is 11.4 Å². The number of aromatic nitrogens is 4. The summed E-state index contributed by atoms with van der Waals surface area (Å²) in [6.07, 6.45) is 0. The summed E-state index contributed by atoms with van der Waals surface area (Å²) < 4.78 is 0. The van der Waals surface area contributed by atoms with Crippen molar-refractivity contribution >= 4 is 55.5 Å². The van der Waals surface area contributed by atoms with Gasteiger partial charge in [-0.05, 0) is 66.2 Å². The van der Waals surface area contributed by atoms with Crippen LogP contribution in [-0.2, 0) is 0 Å². The monoisotopic (exact) mass is 463 g/mol. The van der Waals surface area contributed by atoms with Crippen LogP contribution in [0.2, 0.25) is 0 Å². The molecule has 0 aliphatic rings. The molecule has 9 nitrogen and oxygen atoms in total. The first-order valence-corrected chi connectivity index (χ1v) is 10.8. The first-order valence-electron chi connectivity index (χ1n) is 10.8. The molecule has 0 aliphatic carbocycles. The average molecular weight is 464 g/mol. The molecule has 5 aromatic heterocycles. The van der Waals surface area contributed by atoms with Gasteiger partial charge in [-0.2, -0.15) is 0 Å². The van der Waals surface area contributed by atoms with Gasteiger partial charge in [-0.15, -0.1) is 0 Å². The van der Waals surface area contributed by atoms with E-state index in [1.54, 1.807) is 0 Å². The van der Waals surface area contributed by atoms with Crippen molar-refractivity contribution in [2.24, 2.45) is 0 Å². The van der Waals surface area contributed by atoms with Crippen molar-refractivity contribution < 1.29 is 0 Å². The van der Waals surface area contributed by atoms with Crippen molar-refractivity contribution in [3.05, 3.63) is 83.5 Å². The van der Waals surface area contributed by atoms with E-state index in [1.807, 2.05) is 72.8 Å². The van der Waals surface area contributed by atoms with E-state index in [9.17, 15) is 0 Å². The Hall–Kier alpha value is -5.02. The number of nitrogen functional groups attached to an aromatic ring is 2. The summed E-state index contributed by atoms with van der Waals surface area (Å²) in [4.78, 5) is 13.2. The largest absolute Gasteiger partial charge is 0.399 e. The molecule has 0 aliphatic heterocycles. The zero-order valence-electron chi connectivity index (χ0n) is 18.8. The summed E-state index contributed by atoms with van der Waals surface area (Å²) in [6.45, 7) is 0.